The van der Waals surface area contributed by atoms with E-state index in [1.165, 1.54) is 26.9 Å². The van der Waals surface area contributed by atoms with Gasteiger partial charge in [0.15, 0.2) is 12.3 Å². The molecule has 3 rings (SSSR count). The molecule has 3 heteroatoms. The van der Waals surface area contributed by atoms with Gasteiger partial charge in [0.1, 0.15) is 12.3 Å². The van der Waals surface area contributed by atoms with Crippen LogP contribution in [0.25, 0.3) is 0 Å². The predicted octanol–water partition coefficient (Wildman–Crippen LogP) is 4.04. The zero-order valence-electron chi connectivity index (χ0n) is 12.4. The van der Waals surface area contributed by atoms with Gasteiger partial charge in [-0.15, -0.1) is 0 Å². The molecule has 0 aromatic heterocycles. The summed E-state index contributed by atoms with van der Waals surface area (Å²) in [6, 6.07) is 14.8. The third-order valence-corrected chi connectivity index (χ3v) is 4.89. The number of benzene rings is 2. The Bertz CT molecular complexity index is 689. The van der Waals surface area contributed by atoms with E-state index in [1.807, 2.05) is 12.1 Å². The topological polar surface area (TPSA) is 12.2 Å². The van der Waals surface area contributed by atoms with Gasteiger partial charge in [-0.1, -0.05) is 22.0 Å². The van der Waals surface area contributed by atoms with Gasteiger partial charge in [0.25, 0.3) is 0 Å². The minimum Gasteiger partial charge on any atom is -0.497 e. The molecule has 2 aromatic rings. The van der Waals surface area contributed by atoms with Crippen molar-refractivity contribution < 1.29 is 9.31 Å². The van der Waals surface area contributed by atoms with Crippen molar-refractivity contribution >= 4 is 21.6 Å². The standard InChI is InChI=1S/C18H19BrNO/c1-13-16-4-3-5-18(19)17(16)10-11-20(13)12-14-6-8-15(21-2)9-7-14/h3-9H,10-12H2,1-2H3/q+1. The van der Waals surface area contributed by atoms with E-state index in [-0.39, 0.29) is 0 Å². The summed E-state index contributed by atoms with van der Waals surface area (Å²) in [6.45, 7) is 4.23. The quantitative estimate of drug-likeness (QED) is 0.765. The van der Waals surface area contributed by atoms with Crippen LogP contribution in [0.15, 0.2) is 46.9 Å². The molecule has 0 fully saturated rings. The van der Waals surface area contributed by atoms with Crippen molar-refractivity contribution in [2.75, 3.05) is 13.7 Å². The van der Waals surface area contributed by atoms with Crippen LogP contribution < -0.4 is 4.74 Å². The van der Waals surface area contributed by atoms with Crippen molar-refractivity contribution in [3.8, 4) is 5.75 Å². The zero-order valence-corrected chi connectivity index (χ0v) is 14.0. The molecule has 1 aliphatic rings. The maximum atomic E-state index is 5.22. The second kappa shape index (κ2) is 6.02. The third-order valence-electron chi connectivity index (χ3n) is 4.15. The van der Waals surface area contributed by atoms with Crippen molar-refractivity contribution in [1.82, 2.24) is 0 Å². The van der Waals surface area contributed by atoms with Crippen LogP contribution in [-0.4, -0.2) is 23.9 Å². The molecule has 0 spiro atoms. The Labute approximate surface area is 134 Å². The monoisotopic (exact) mass is 344 g/mol. The van der Waals surface area contributed by atoms with Gasteiger partial charge >= 0.3 is 0 Å². The summed E-state index contributed by atoms with van der Waals surface area (Å²) < 4.78 is 8.90. The lowest BCUT2D eigenvalue weighted by Gasteiger charge is -2.18. The predicted molar refractivity (Wildman–Crippen MR) is 89.5 cm³/mol. The molecule has 0 aliphatic carbocycles. The number of fused-ring (bicyclic) bond motifs is 1. The Hall–Kier alpha value is -1.61. The Balaban J connectivity index is 1.90. The molecule has 0 saturated carbocycles. The fraction of sp³-hybridized carbons (Fsp3) is 0.278. The van der Waals surface area contributed by atoms with Gasteiger partial charge in [-0.2, -0.15) is 0 Å². The van der Waals surface area contributed by atoms with Crippen LogP contribution >= 0.6 is 15.9 Å². The molecule has 2 aromatic carbocycles. The highest BCUT2D eigenvalue weighted by molar-refractivity contribution is 9.10. The van der Waals surface area contributed by atoms with Crippen LogP contribution in [0.2, 0.25) is 0 Å². The number of nitrogens with zero attached hydrogens (tertiary/aromatic N) is 1. The van der Waals surface area contributed by atoms with E-state index >= 15 is 0 Å². The zero-order chi connectivity index (χ0) is 14.8. The minimum absolute atomic E-state index is 0.910. The molecule has 1 aliphatic heterocycles. The maximum absolute atomic E-state index is 5.22. The molecule has 108 valence electrons. The Kier molecular flexibility index (Phi) is 4.11. The van der Waals surface area contributed by atoms with E-state index in [2.05, 4.69) is 57.8 Å². The van der Waals surface area contributed by atoms with Crippen LogP contribution in [0.4, 0.5) is 0 Å². The highest BCUT2D eigenvalue weighted by Crippen LogP contribution is 2.25. The van der Waals surface area contributed by atoms with Crippen molar-refractivity contribution in [2.45, 2.75) is 19.9 Å². The van der Waals surface area contributed by atoms with Gasteiger partial charge in [0.2, 0.25) is 0 Å². The van der Waals surface area contributed by atoms with Crippen LogP contribution in [-0.2, 0) is 13.0 Å². The normalized spacial score (nSPS) is 14.0. The van der Waals surface area contributed by atoms with Crippen molar-refractivity contribution in [3.05, 3.63) is 63.6 Å². The fourth-order valence-electron chi connectivity index (χ4n) is 2.89. The largest absolute Gasteiger partial charge is 0.497 e. The number of hydrogen-bond acceptors (Lipinski definition) is 1. The fourth-order valence-corrected chi connectivity index (χ4v) is 3.45. The van der Waals surface area contributed by atoms with Gasteiger partial charge in [0.05, 0.1) is 7.11 Å². The summed E-state index contributed by atoms with van der Waals surface area (Å²) in [7, 11) is 1.70. The average Bonchev–Trinajstić information content (AvgIpc) is 2.51. The maximum Gasteiger partial charge on any atom is 0.180 e. The Morgan fingerprint density at radius 2 is 1.90 bits per heavy atom. The van der Waals surface area contributed by atoms with E-state index < -0.39 is 0 Å². The van der Waals surface area contributed by atoms with Crippen molar-refractivity contribution in [3.63, 3.8) is 0 Å². The smallest absolute Gasteiger partial charge is 0.180 e. The van der Waals surface area contributed by atoms with Crippen molar-refractivity contribution in [2.24, 2.45) is 0 Å². The molecular formula is C18H19BrNO+. The van der Waals surface area contributed by atoms with Gasteiger partial charge in [-0.05, 0) is 42.0 Å². The van der Waals surface area contributed by atoms with E-state index in [0.717, 1.165) is 25.3 Å². The molecule has 0 amide bonds. The van der Waals surface area contributed by atoms with Gasteiger partial charge in [0, 0.05) is 28.9 Å². The van der Waals surface area contributed by atoms with Gasteiger partial charge in [-0.3, -0.25) is 0 Å². The molecule has 21 heavy (non-hydrogen) atoms. The number of ether oxygens (including phenoxy) is 1. The average molecular weight is 345 g/mol. The summed E-state index contributed by atoms with van der Waals surface area (Å²) in [4.78, 5) is 0. The highest BCUT2D eigenvalue weighted by atomic mass is 79.9. The lowest BCUT2D eigenvalue weighted by atomic mass is 9.97. The molecule has 0 radical (unpaired) electrons. The molecule has 0 bridgehead atoms. The van der Waals surface area contributed by atoms with Gasteiger partial charge < -0.3 is 4.74 Å². The van der Waals surface area contributed by atoms with E-state index in [9.17, 15) is 0 Å². The van der Waals surface area contributed by atoms with Crippen LogP contribution in [0, 0.1) is 0 Å². The first-order valence-corrected chi connectivity index (χ1v) is 7.97. The number of hydrogen-bond donors (Lipinski definition) is 0. The first kappa shape index (κ1) is 14.3. The highest BCUT2D eigenvalue weighted by Gasteiger charge is 2.23. The molecule has 1 heterocycles. The molecule has 2 nitrogen and oxygen atoms in total. The van der Waals surface area contributed by atoms with Crippen LogP contribution in [0.3, 0.4) is 0 Å². The van der Waals surface area contributed by atoms with Crippen LogP contribution in [0.5, 0.6) is 5.75 Å². The Morgan fingerprint density at radius 3 is 2.62 bits per heavy atom. The summed E-state index contributed by atoms with van der Waals surface area (Å²) >= 11 is 3.67. The summed E-state index contributed by atoms with van der Waals surface area (Å²) in [5, 5.41) is 0. The summed E-state index contributed by atoms with van der Waals surface area (Å²) in [6.07, 6.45) is 1.09. The number of methoxy groups -OCH3 is 1. The Morgan fingerprint density at radius 1 is 1.14 bits per heavy atom. The summed E-state index contributed by atoms with van der Waals surface area (Å²) in [5.74, 6) is 0.910. The molecule has 0 unspecified atom stereocenters. The minimum atomic E-state index is 0.910. The SMILES string of the molecule is COc1ccc(C[N+]2=C(C)c3cccc(Br)c3CC2)cc1. The van der Waals surface area contributed by atoms with E-state index in [0.29, 0.717) is 0 Å². The molecule has 0 N–H and O–H groups in total. The van der Waals surface area contributed by atoms with Gasteiger partial charge in [-0.25, -0.2) is 4.58 Å². The molecule has 0 saturated heterocycles. The molecule has 0 atom stereocenters. The summed E-state index contributed by atoms with van der Waals surface area (Å²) in [5.41, 5.74) is 5.46. The lowest BCUT2D eigenvalue weighted by Crippen LogP contribution is -2.28. The van der Waals surface area contributed by atoms with E-state index in [4.69, 9.17) is 4.74 Å². The third kappa shape index (κ3) is 2.88. The lowest BCUT2D eigenvalue weighted by molar-refractivity contribution is -0.545. The van der Waals surface area contributed by atoms with Crippen molar-refractivity contribution in [1.29, 1.82) is 0 Å². The second-order valence-electron chi connectivity index (χ2n) is 5.37. The molecular weight excluding hydrogens is 326 g/mol. The number of halogens is 1. The first-order valence-electron chi connectivity index (χ1n) is 7.18. The van der Waals surface area contributed by atoms with E-state index in [1.54, 1.807) is 7.11 Å². The number of rotatable bonds is 3. The second-order valence-corrected chi connectivity index (χ2v) is 6.23. The first-order chi connectivity index (χ1) is 10.2. The van der Waals surface area contributed by atoms with Crippen LogP contribution in [0.1, 0.15) is 23.6 Å².